The minimum atomic E-state index is -0.820. The number of rotatable bonds is 4. The molecule has 2 rings (SSSR count). The van der Waals surface area contributed by atoms with Gasteiger partial charge in [-0.1, -0.05) is 23.2 Å². The average Bonchev–Trinajstić information content (AvgIpc) is 2.29. The van der Waals surface area contributed by atoms with Crippen molar-refractivity contribution in [3.8, 4) is 5.75 Å². The molecule has 98 valence electrons. The van der Waals surface area contributed by atoms with E-state index in [1.165, 1.54) is 0 Å². The molecule has 1 heterocycles. The molecule has 1 aromatic rings. The summed E-state index contributed by atoms with van der Waals surface area (Å²) in [5.41, 5.74) is 0.893. The third-order valence-corrected chi connectivity index (χ3v) is 3.29. The molecule has 0 saturated heterocycles. The summed E-state index contributed by atoms with van der Waals surface area (Å²) in [5.74, 6) is -0.181. The van der Waals surface area contributed by atoms with E-state index in [4.69, 9.17) is 33.0 Å². The van der Waals surface area contributed by atoms with Crippen LogP contribution in [0.4, 0.5) is 0 Å². The number of hydrogen-bond acceptors (Lipinski definition) is 3. The van der Waals surface area contributed by atoms with Crippen LogP contribution in [0.1, 0.15) is 24.4 Å². The van der Waals surface area contributed by atoms with E-state index in [-0.39, 0.29) is 12.5 Å². The summed E-state index contributed by atoms with van der Waals surface area (Å²) < 4.78 is 5.52. The number of nitrogens with one attached hydrogen (secondary N) is 1. The summed E-state index contributed by atoms with van der Waals surface area (Å²) in [6.45, 7) is 0.961. The van der Waals surface area contributed by atoms with Gasteiger partial charge in [0.05, 0.1) is 18.1 Å². The summed E-state index contributed by atoms with van der Waals surface area (Å²) in [6, 6.07) is 3.48. The third-order valence-electron chi connectivity index (χ3n) is 2.80. The van der Waals surface area contributed by atoms with Crippen LogP contribution in [0.15, 0.2) is 12.1 Å². The van der Waals surface area contributed by atoms with Crippen LogP contribution < -0.4 is 10.1 Å². The SMILES string of the molecule is O=C(O)CCNC1CCOc2c(Cl)cc(Cl)cc21. The predicted octanol–water partition coefficient (Wildman–Crippen LogP) is 2.88. The Balaban J connectivity index is 2.14. The van der Waals surface area contributed by atoms with Crippen molar-refractivity contribution in [1.29, 1.82) is 0 Å². The standard InChI is InChI=1S/C12H13Cl2NO3/c13-7-5-8-10(15-3-1-11(16)17)2-4-18-12(8)9(14)6-7/h5-6,10,15H,1-4H2,(H,16,17). The van der Waals surface area contributed by atoms with Gasteiger partial charge in [0.1, 0.15) is 5.75 Å². The first kappa shape index (κ1) is 13.5. The van der Waals surface area contributed by atoms with Crippen LogP contribution in [0.2, 0.25) is 10.0 Å². The number of halogens is 2. The molecule has 1 aliphatic heterocycles. The van der Waals surface area contributed by atoms with Crippen molar-refractivity contribution in [1.82, 2.24) is 5.32 Å². The first-order chi connectivity index (χ1) is 8.58. The predicted molar refractivity (Wildman–Crippen MR) is 69.6 cm³/mol. The maximum absolute atomic E-state index is 10.5. The molecule has 0 spiro atoms. The molecule has 1 aromatic carbocycles. The van der Waals surface area contributed by atoms with Gasteiger partial charge >= 0.3 is 5.97 Å². The van der Waals surface area contributed by atoms with Gasteiger partial charge < -0.3 is 15.2 Å². The van der Waals surface area contributed by atoms with Crippen LogP contribution in [0, 0.1) is 0 Å². The van der Waals surface area contributed by atoms with Gasteiger partial charge in [-0.3, -0.25) is 4.79 Å². The number of aliphatic carboxylic acids is 1. The second-order valence-corrected chi connectivity index (χ2v) is 4.94. The van der Waals surface area contributed by atoms with E-state index in [2.05, 4.69) is 5.32 Å². The maximum atomic E-state index is 10.5. The zero-order chi connectivity index (χ0) is 13.1. The molecular weight excluding hydrogens is 277 g/mol. The zero-order valence-electron chi connectivity index (χ0n) is 9.58. The number of fused-ring (bicyclic) bond motifs is 1. The minimum absolute atomic E-state index is 0.0318. The van der Waals surface area contributed by atoms with Crippen molar-refractivity contribution >= 4 is 29.2 Å². The van der Waals surface area contributed by atoms with Gasteiger partial charge in [-0.2, -0.15) is 0 Å². The molecule has 0 aromatic heterocycles. The van der Waals surface area contributed by atoms with Crippen molar-refractivity contribution < 1.29 is 14.6 Å². The Hall–Kier alpha value is -0.970. The average molecular weight is 290 g/mol. The molecule has 0 bridgehead atoms. The van der Waals surface area contributed by atoms with E-state index in [9.17, 15) is 4.79 Å². The first-order valence-electron chi connectivity index (χ1n) is 5.65. The minimum Gasteiger partial charge on any atom is -0.492 e. The quantitative estimate of drug-likeness (QED) is 0.895. The molecule has 1 unspecified atom stereocenters. The third kappa shape index (κ3) is 3.07. The Kier molecular flexibility index (Phi) is 4.32. The highest BCUT2D eigenvalue weighted by atomic mass is 35.5. The van der Waals surface area contributed by atoms with Gasteiger partial charge in [-0.15, -0.1) is 0 Å². The molecule has 0 aliphatic carbocycles. The highest BCUT2D eigenvalue weighted by molar-refractivity contribution is 6.35. The summed E-state index contributed by atoms with van der Waals surface area (Å²) in [4.78, 5) is 10.5. The molecule has 0 radical (unpaired) electrons. The topological polar surface area (TPSA) is 58.6 Å². The molecule has 0 amide bonds. The second kappa shape index (κ2) is 5.78. The molecule has 18 heavy (non-hydrogen) atoms. The number of ether oxygens (including phenoxy) is 1. The fraction of sp³-hybridized carbons (Fsp3) is 0.417. The summed E-state index contributed by atoms with van der Waals surface area (Å²) in [5, 5.41) is 12.8. The van der Waals surface area contributed by atoms with E-state index >= 15 is 0 Å². The lowest BCUT2D eigenvalue weighted by Gasteiger charge is -2.27. The van der Waals surface area contributed by atoms with E-state index in [1.807, 2.05) is 0 Å². The number of benzene rings is 1. The first-order valence-corrected chi connectivity index (χ1v) is 6.40. The van der Waals surface area contributed by atoms with E-state index in [0.717, 1.165) is 12.0 Å². The molecule has 4 nitrogen and oxygen atoms in total. The van der Waals surface area contributed by atoms with Gasteiger partial charge in [0.15, 0.2) is 0 Å². The highest BCUT2D eigenvalue weighted by Crippen LogP contribution is 2.39. The van der Waals surface area contributed by atoms with Crippen molar-refractivity contribution in [3.63, 3.8) is 0 Å². The number of carbonyl (C=O) groups is 1. The molecular formula is C12H13Cl2NO3. The van der Waals surface area contributed by atoms with Crippen LogP contribution >= 0.6 is 23.2 Å². The van der Waals surface area contributed by atoms with Crippen LogP contribution in [0.5, 0.6) is 5.75 Å². The number of hydrogen-bond donors (Lipinski definition) is 2. The Morgan fingerprint density at radius 1 is 1.50 bits per heavy atom. The smallest absolute Gasteiger partial charge is 0.304 e. The summed E-state index contributed by atoms with van der Waals surface area (Å²) in [6.07, 6.45) is 0.851. The van der Waals surface area contributed by atoms with Gasteiger partial charge in [0.25, 0.3) is 0 Å². The van der Waals surface area contributed by atoms with E-state index in [1.54, 1.807) is 12.1 Å². The zero-order valence-corrected chi connectivity index (χ0v) is 11.1. The van der Waals surface area contributed by atoms with Gasteiger partial charge in [-0.25, -0.2) is 0 Å². The van der Waals surface area contributed by atoms with Gasteiger partial charge in [0, 0.05) is 29.6 Å². The fourth-order valence-electron chi connectivity index (χ4n) is 1.99. The van der Waals surface area contributed by atoms with E-state index < -0.39 is 5.97 Å². The monoisotopic (exact) mass is 289 g/mol. The van der Waals surface area contributed by atoms with E-state index in [0.29, 0.717) is 28.9 Å². The largest absolute Gasteiger partial charge is 0.492 e. The molecule has 1 atom stereocenters. The number of carboxylic acid groups (broad SMARTS) is 1. The Bertz CT molecular complexity index is 465. The van der Waals surface area contributed by atoms with Crippen LogP contribution in [0.25, 0.3) is 0 Å². The van der Waals surface area contributed by atoms with Crippen molar-refractivity contribution in [2.75, 3.05) is 13.2 Å². The fourth-order valence-corrected chi connectivity index (χ4v) is 2.55. The van der Waals surface area contributed by atoms with Crippen molar-refractivity contribution in [2.45, 2.75) is 18.9 Å². The van der Waals surface area contributed by atoms with Crippen LogP contribution in [0.3, 0.4) is 0 Å². The van der Waals surface area contributed by atoms with Crippen LogP contribution in [-0.2, 0) is 4.79 Å². The molecule has 6 heteroatoms. The van der Waals surface area contributed by atoms with Gasteiger partial charge in [0.2, 0.25) is 0 Å². The lowest BCUT2D eigenvalue weighted by atomic mass is 10.0. The Labute approximate surface area is 115 Å². The van der Waals surface area contributed by atoms with Gasteiger partial charge in [-0.05, 0) is 12.1 Å². The normalized spacial score (nSPS) is 18.0. The molecule has 0 fully saturated rings. The lowest BCUT2D eigenvalue weighted by Crippen LogP contribution is -2.29. The maximum Gasteiger partial charge on any atom is 0.304 e. The number of carboxylic acids is 1. The second-order valence-electron chi connectivity index (χ2n) is 4.09. The van der Waals surface area contributed by atoms with Crippen LogP contribution in [-0.4, -0.2) is 24.2 Å². The highest BCUT2D eigenvalue weighted by Gasteiger charge is 2.23. The van der Waals surface area contributed by atoms with Crippen molar-refractivity contribution in [2.24, 2.45) is 0 Å². The summed E-state index contributed by atoms with van der Waals surface area (Å²) >= 11 is 12.0. The molecule has 2 N–H and O–H groups in total. The molecule has 1 aliphatic rings. The lowest BCUT2D eigenvalue weighted by molar-refractivity contribution is -0.136. The van der Waals surface area contributed by atoms with Crippen molar-refractivity contribution in [3.05, 3.63) is 27.7 Å². The molecule has 0 saturated carbocycles. The Morgan fingerprint density at radius 3 is 3.00 bits per heavy atom. The Morgan fingerprint density at radius 2 is 2.28 bits per heavy atom. The summed E-state index contributed by atoms with van der Waals surface area (Å²) in [7, 11) is 0.